The van der Waals surface area contributed by atoms with Crippen molar-refractivity contribution in [1.29, 1.82) is 0 Å². The molecule has 0 aromatic rings. The van der Waals surface area contributed by atoms with E-state index in [1.807, 2.05) is 39.4 Å². The molecule has 70 heavy (non-hydrogen) atoms. The summed E-state index contributed by atoms with van der Waals surface area (Å²) in [7, 11) is 1.12. The Morgan fingerprint density at radius 1 is 0.514 bits per heavy atom. The molecule has 0 fully saturated rings. The fourth-order valence-corrected chi connectivity index (χ4v) is 7.95. The van der Waals surface area contributed by atoms with Crippen molar-refractivity contribution in [2.75, 3.05) is 40.9 Å². The zero-order valence-electron chi connectivity index (χ0n) is 45.4. The smallest absolute Gasteiger partial charge is 0.306 e. The lowest BCUT2D eigenvalue weighted by atomic mass is 10.1. The summed E-state index contributed by atoms with van der Waals surface area (Å²) in [5.41, 5.74) is 0. The third-order valence-electron chi connectivity index (χ3n) is 11.5. The molecule has 0 bridgehead atoms. The molecule has 400 valence electrons. The third kappa shape index (κ3) is 49.6. The molecule has 10 heteroatoms. The van der Waals surface area contributed by atoms with E-state index in [9.17, 15) is 19.0 Å². The Hall–Kier alpha value is -3.33. The number of likely N-dealkylation sites (N-methyl/N-ethyl adjacent to an activating group) is 1. The molecule has 3 atom stereocenters. The summed E-state index contributed by atoms with van der Waals surface area (Å²) in [6.07, 6.45) is 66.4. The standard InChI is InChI=1S/C60H103N2O7P/c1-7-10-13-16-19-22-25-27-29-30-31-32-33-35-38-41-44-47-50-53-60(64)69-58(51-48-45-42-39-36-24-21-18-15-12-9-3)57(56-68-70(65,66)67-55-54-62(4,5)6)61-59(63)52-49-46-43-40-37-34-28-26-23-20-17-14-11-8-2/h10-11,13-14,19-20,22-23,27,29,31-32,35,38,44,47-48,51,57-58H,7-9,12,15-18,21,24-26,28,30,33-34,36-37,39-43,45-46,49-50,52-56H2,1-6H3,(H-,61,63,65,66)/b13-10-,14-11+,22-19-,23-20+,29-27-,32-31-,38-35-,47-44-,51-48+. The number of phosphoric acid groups is 1. The largest absolute Gasteiger partial charge is 0.756 e. The first-order valence-corrected chi connectivity index (χ1v) is 29.2. The molecule has 0 saturated heterocycles. The van der Waals surface area contributed by atoms with Gasteiger partial charge in [-0.2, -0.15) is 0 Å². The molecule has 0 saturated carbocycles. The predicted octanol–water partition coefficient (Wildman–Crippen LogP) is 16.0. The van der Waals surface area contributed by atoms with Crippen molar-refractivity contribution < 1.29 is 37.3 Å². The van der Waals surface area contributed by atoms with E-state index in [2.05, 4.69) is 111 Å². The molecule has 0 aliphatic carbocycles. The van der Waals surface area contributed by atoms with Gasteiger partial charge in [-0.3, -0.25) is 14.2 Å². The number of quaternary nitrogens is 1. The number of hydrogen-bond donors (Lipinski definition) is 1. The van der Waals surface area contributed by atoms with E-state index in [-0.39, 0.29) is 25.4 Å². The Labute approximate surface area is 430 Å². The maximum atomic E-state index is 13.4. The quantitative estimate of drug-likeness (QED) is 0.0212. The number of allylic oxidation sites excluding steroid dienone is 17. The number of nitrogens with one attached hydrogen (secondary N) is 1. The van der Waals surface area contributed by atoms with Crippen LogP contribution in [0, 0.1) is 0 Å². The van der Waals surface area contributed by atoms with E-state index in [0.29, 0.717) is 23.9 Å². The van der Waals surface area contributed by atoms with Gasteiger partial charge in [0.1, 0.15) is 19.3 Å². The lowest BCUT2D eigenvalue weighted by Crippen LogP contribution is -2.47. The number of carbonyl (C=O) groups is 2. The van der Waals surface area contributed by atoms with Crippen molar-refractivity contribution in [3.05, 3.63) is 109 Å². The number of esters is 1. The predicted molar refractivity (Wildman–Crippen MR) is 297 cm³/mol. The molecule has 0 aromatic carbocycles. The second kappa shape index (κ2) is 49.3. The molecule has 1 N–H and O–H groups in total. The maximum Gasteiger partial charge on any atom is 0.306 e. The fourth-order valence-electron chi connectivity index (χ4n) is 7.23. The highest BCUT2D eigenvalue weighted by atomic mass is 31.2. The van der Waals surface area contributed by atoms with E-state index >= 15 is 0 Å². The number of amides is 1. The summed E-state index contributed by atoms with van der Waals surface area (Å²) in [6.45, 7) is 6.53. The normalized spacial score (nSPS) is 14.7. The first kappa shape index (κ1) is 66.7. The zero-order chi connectivity index (χ0) is 51.5. The SMILES string of the molecule is CC/C=C\C/C=C\C/C=C\C/C=C\C/C=C\C/C=C\CCC(=O)OC(/C=C/CCCCCCCCCCC)C(COP(=O)([O-])OCC[N+](C)(C)C)NC(=O)CCCCCCCCC/C=C/C/C=C/CC. The summed E-state index contributed by atoms with van der Waals surface area (Å²) in [5.74, 6) is -0.659. The fraction of sp³-hybridized carbons (Fsp3) is 0.667. The van der Waals surface area contributed by atoms with Crippen molar-refractivity contribution in [2.24, 2.45) is 0 Å². The van der Waals surface area contributed by atoms with Crippen LogP contribution in [-0.2, 0) is 27.9 Å². The van der Waals surface area contributed by atoms with Crippen LogP contribution >= 0.6 is 7.82 Å². The molecular formula is C60H103N2O7P. The van der Waals surface area contributed by atoms with Crippen LogP contribution < -0.4 is 10.2 Å². The minimum Gasteiger partial charge on any atom is -0.756 e. The summed E-state index contributed by atoms with van der Waals surface area (Å²) >= 11 is 0. The molecule has 0 aromatic heterocycles. The number of ether oxygens (including phenoxy) is 1. The Bertz CT molecular complexity index is 1570. The van der Waals surface area contributed by atoms with Gasteiger partial charge in [-0.25, -0.2) is 0 Å². The van der Waals surface area contributed by atoms with E-state index in [1.54, 1.807) is 6.08 Å². The number of carbonyl (C=O) groups excluding carboxylic acids is 2. The van der Waals surface area contributed by atoms with E-state index in [4.69, 9.17) is 13.8 Å². The summed E-state index contributed by atoms with van der Waals surface area (Å²) in [5, 5.41) is 2.99. The summed E-state index contributed by atoms with van der Waals surface area (Å²) in [6, 6.07) is -0.928. The first-order chi connectivity index (χ1) is 33.9. The summed E-state index contributed by atoms with van der Waals surface area (Å²) in [4.78, 5) is 39.7. The van der Waals surface area contributed by atoms with Gasteiger partial charge in [0.05, 0.1) is 33.8 Å². The van der Waals surface area contributed by atoms with Gasteiger partial charge < -0.3 is 28.5 Å². The van der Waals surface area contributed by atoms with Crippen molar-refractivity contribution >= 4 is 19.7 Å². The van der Waals surface area contributed by atoms with Gasteiger partial charge in [0.15, 0.2) is 0 Å². The van der Waals surface area contributed by atoms with Gasteiger partial charge in [0.2, 0.25) is 5.91 Å². The topological polar surface area (TPSA) is 114 Å². The van der Waals surface area contributed by atoms with Crippen molar-refractivity contribution in [3.8, 4) is 0 Å². The highest BCUT2D eigenvalue weighted by Gasteiger charge is 2.27. The Kier molecular flexibility index (Phi) is 46.9. The molecule has 9 nitrogen and oxygen atoms in total. The number of phosphoric ester groups is 1. The Morgan fingerprint density at radius 3 is 1.40 bits per heavy atom. The molecule has 0 spiro atoms. The maximum absolute atomic E-state index is 13.4. The van der Waals surface area contributed by atoms with Crippen LogP contribution in [0.4, 0.5) is 0 Å². The minimum atomic E-state index is -4.72. The first-order valence-electron chi connectivity index (χ1n) is 27.7. The highest BCUT2D eigenvalue weighted by Crippen LogP contribution is 2.38. The van der Waals surface area contributed by atoms with Gasteiger partial charge >= 0.3 is 5.97 Å². The van der Waals surface area contributed by atoms with E-state index in [0.717, 1.165) is 96.3 Å². The van der Waals surface area contributed by atoms with Gasteiger partial charge in [0.25, 0.3) is 7.82 Å². The van der Waals surface area contributed by atoms with Crippen LogP contribution in [0.15, 0.2) is 109 Å². The average molecular weight is 995 g/mol. The average Bonchev–Trinajstić information content (AvgIpc) is 3.32. The lowest BCUT2D eigenvalue weighted by Gasteiger charge is -2.30. The van der Waals surface area contributed by atoms with E-state index < -0.39 is 32.5 Å². The molecule has 0 aliphatic heterocycles. The second-order valence-electron chi connectivity index (χ2n) is 19.3. The van der Waals surface area contributed by atoms with Crippen molar-refractivity contribution in [2.45, 2.75) is 219 Å². The summed E-state index contributed by atoms with van der Waals surface area (Å²) < 4.78 is 30.1. The van der Waals surface area contributed by atoms with Gasteiger partial charge in [-0.1, -0.05) is 208 Å². The van der Waals surface area contributed by atoms with Crippen LogP contribution in [0.2, 0.25) is 0 Å². The second-order valence-corrected chi connectivity index (χ2v) is 20.7. The number of unbranched alkanes of at least 4 members (excludes halogenated alkanes) is 16. The van der Waals surface area contributed by atoms with E-state index in [1.165, 1.54) is 64.2 Å². The van der Waals surface area contributed by atoms with Crippen LogP contribution in [0.25, 0.3) is 0 Å². The molecule has 0 radical (unpaired) electrons. The van der Waals surface area contributed by atoms with Crippen molar-refractivity contribution in [3.63, 3.8) is 0 Å². The number of rotatable bonds is 48. The van der Waals surface area contributed by atoms with Crippen LogP contribution in [0.1, 0.15) is 207 Å². The van der Waals surface area contributed by atoms with Gasteiger partial charge in [0, 0.05) is 12.8 Å². The molecule has 3 unspecified atom stereocenters. The molecule has 0 aliphatic rings. The molecule has 0 rings (SSSR count). The van der Waals surface area contributed by atoms with Crippen molar-refractivity contribution in [1.82, 2.24) is 5.32 Å². The monoisotopic (exact) mass is 995 g/mol. The lowest BCUT2D eigenvalue weighted by molar-refractivity contribution is -0.870. The molecule has 0 heterocycles. The highest BCUT2D eigenvalue weighted by molar-refractivity contribution is 7.45. The van der Waals surface area contributed by atoms with Gasteiger partial charge in [-0.05, 0) is 96.0 Å². The minimum absolute atomic E-state index is 0.0407. The van der Waals surface area contributed by atoms with Gasteiger partial charge in [-0.15, -0.1) is 0 Å². The third-order valence-corrected chi connectivity index (χ3v) is 12.4. The van der Waals surface area contributed by atoms with Crippen LogP contribution in [-0.4, -0.2) is 69.4 Å². The Morgan fingerprint density at radius 2 is 0.929 bits per heavy atom. The Balaban J connectivity index is 5.48. The molecular weight excluding hydrogens is 892 g/mol. The molecule has 1 amide bonds. The number of hydrogen-bond acceptors (Lipinski definition) is 7. The number of nitrogens with zero attached hydrogens (tertiary/aromatic N) is 1. The zero-order valence-corrected chi connectivity index (χ0v) is 46.3. The van der Waals surface area contributed by atoms with Crippen LogP contribution in [0.5, 0.6) is 0 Å². The van der Waals surface area contributed by atoms with Crippen LogP contribution in [0.3, 0.4) is 0 Å².